The van der Waals surface area contributed by atoms with E-state index in [4.69, 9.17) is 15.5 Å². The van der Waals surface area contributed by atoms with Crippen LogP contribution < -0.4 is 21.1 Å². The molecule has 0 aliphatic carbocycles. The number of primary amides is 1. The number of nitrogens with two attached hydrogens (primary N) is 1. The molecule has 4 N–H and O–H groups in total. The molecule has 0 aromatic heterocycles. The summed E-state index contributed by atoms with van der Waals surface area (Å²) in [4.78, 5) is 18.1. The molecule has 1 heterocycles. The van der Waals surface area contributed by atoms with E-state index in [1.807, 2.05) is 24.3 Å². The van der Waals surface area contributed by atoms with Gasteiger partial charge in [0, 0.05) is 25.7 Å². The van der Waals surface area contributed by atoms with Crippen LogP contribution >= 0.6 is 24.0 Å². The van der Waals surface area contributed by atoms with Crippen molar-refractivity contribution in [3.8, 4) is 5.75 Å². The van der Waals surface area contributed by atoms with Gasteiger partial charge >= 0.3 is 0 Å². The van der Waals surface area contributed by atoms with Crippen molar-refractivity contribution in [2.45, 2.75) is 52.0 Å². The zero-order valence-electron chi connectivity index (χ0n) is 18.4. The maximum Gasteiger partial charge on any atom is 0.255 e. The highest BCUT2D eigenvalue weighted by atomic mass is 127. The standard InChI is InChI=1S/C22H37N5O2.HI/c1-3-19-7-5-6-15-27(19)16-14-26-22(24-4-2)25-13-12-18-8-10-20(11-9-18)29-17-21(23)28;/h8-11,19H,3-7,12-17H2,1-2H3,(H2,23,28)(H2,24,25,26);1H. The molecule has 0 radical (unpaired) electrons. The van der Waals surface area contributed by atoms with Gasteiger partial charge in [0.1, 0.15) is 5.75 Å². The Labute approximate surface area is 198 Å². The van der Waals surface area contributed by atoms with Crippen molar-refractivity contribution in [2.75, 3.05) is 39.3 Å². The third kappa shape index (κ3) is 9.97. The molecule has 170 valence electrons. The molecule has 7 nitrogen and oxygen atoms in total. The monoisotopic (exact) mass is 531 g/mol. The van der Waals surface area contributed by atoms with E-state index in [1.54, 1.807) is 0 Å². The molecule has 8 heteroatoms. The topological polar surface area (TPSA) is 92.0 Å². The lowest BCUT2D eigenvalue weighted by Crippen LogP contribution is -2.42. The SMILES string of the molecule is CCNC(=NCCN1CCCCC1CC)NCCc1ccc(OCC(N)=O)cc1.I. The summed E-state index contributed by atoms with van der Waals surface area (Å²) < 4.78 is 5.28. The molecule has 1 unspecified atom stereocenters. The molecule has 1 aromatic rings. The molecule has 1 saturated heterocycles. The number of carbonyl (C=O) groups excluding carboxylic acids is 1. The van der Waals surface area contributed by atoms with Crippen molar-refractivity contribution < 1.29 is 9.53 Å². The highest BCUT2D eigenvalue weighted by Gasteiger charge is 2.19. The molecule has 1 fully saturated rings. The Kier molecular flexibility index (Phi) is 13.5. The van der Waals surface area contributed by atoms with Crippen molar-refractivity contribution in [1.29, 1.82) is 0 Å². The number of benzene rings is 1. The number of carbonyl (C=O) groups is 1. The van der Waals surface area contributed by atoms with Gasteiger partial charge in [0.25, 0.3) is 5.91 Å². The number of rotatable bonds is 11. The summed E-state index contributed by atoms with van der Waals surface area (Å²) >= 11 is 0. The Balaban J connectivity index is 0.00000450. The number of halogens is 1. The first-order valence-electron chi connectivity index (χ1n) is 10.9. The highest BCUT2D eigenvalue weighted by Crippen LogP contribution is 2.18. The maximum absolute atomic E-state index is 10.8. The minimum Gasteiger partial charge on any atom is -0.484 e. The molecule has 30 heavy (non-hydrogen) atoms. The van der Waals surface area contributed by atoms with Crippen LogP contribution in [0.15, 0.2) is 29.3 Å². The number of nitrogens with one attached hydrogen (secondary N) is 2. The predicted octanol–water partition coefficient (Wildman–Crippen LogP) is 2.53. The molecular weight excluding hydrogens is 493 g/mol. The lowest BCUT2D eigenvalue weighted by Gasteiger charge is -2.34. The van der Waals surface area contributed by atoms with Crippen molar-refractivity contribution in [3.63, 3.8) is 0 Å². The molecule has 1 aliphatic rings. The molecule has 1 amide bonds. The van der Waals surface area contributed by atoms with E-state index in [1.165, 1.54) is 37.8 Å². The molecule has 1 aliphatic heterocycles. The van der Waals surface area contributed by atoms with Gasteiger partial charge in [-0.05, 0) is 56.8 Å². The molecule has 0 bridgehead atoms. The zero-order valence-corrected chi connectivity index (χ0v) is 20.7. The van der Waals surface area contributed by atoms with E-state index in [0.717, 1.165) is 44.6 Å². The Bertz CT molecular complexity index is 639. The molecule has 1 aromatic carbocycles. The second-order valence-corrected chi connectivity index (χ2v) is 7.43. The molecule has 0 spiro atoms. The zero-order chi connectivity index (χ0) is 20.9. The Morgan fingerprint density at radius 2 is 2.00 bits per heavy atom. The molecular formula is C22H38IN5O2. The summed E-state index contributed by atoms with van der Waals surface area (Å²) in [6, 6.07) is 8.46. The number of amides is 1. The van der Waals surface area contributed by atoms with Gasteiger partial charge in [0.2, 0.25) is 0 Å². The minimum atomic E-state index is -0.473. The first-order chi connectivity index (χ1) is 14.1. The van der Waals surface area contributed by atoms with E-state index < -0.39 is 5.91 Å². The number of hydrogen-bond acceptors (Lipinski definition) is 4. The lowest BCUT2D eigenvalue weighted by molar-refractivity contribution is -0.119. The average Bonchev–Trinajstić information content (AvgIpc) is 2.73. The van der Waals surface area contributed by atoms with Crippen LogP contribution in [-0.2, 0) is 11.2 Å². The van der Waals surface area contributed by atoms with E-state index in [2.05, 4.69) is 29.4 Å². The predicted molar refractivity (Wildman–Crippen MR) is 134 cm³/mol. The van der Waals surface area contributed by atoms with E-state index in [9.17, 15) is 4.79 Å². The average molecular weight is 531 g/mol. The summed E-state index contributed by atoms with van der Waals surface area (Å²) in [5, 5.41) is 6.74. The number of likely N-dealkylation sites (tertiary alicyclic amines) is 1. The summed E-state index contributed by atoms with van der Waals surface area (Å²) in [6.45, 7) is 8.97. The molecule has 0 saturated carbocycles. The van der Waals surface area contributed by atoms with Gasteiger partial charge in [-0.3, -0.25) is 14.7 Å². The number of nitrogens with zero attached hydrogens (tertiary/aromatic N) is 2. The Morgan fingerprint density at radius 3 is 2.67 bits per heavy atom. The van der Waals surface area contributed by atoms with Crippen molar-refractivity contribution in [1.82, 2.24) is 15.5 Å². The van der Waals surface area contributed by atoms with Crippen molar-refractivity contribution in [3.05, 3.63) is 29.8 Å². The van der Waals surface area contributed by atoms with Gasteiger partial charge in [0.05, 0.1) is 6.54 Å². The highest BCUT2D eigenvalue weighted by molar-refractivity contribution is 14.0. The summed E-state index contributed by atoms with van der Waals surface area (Å²) in [5.41, 5.74) is 6.28. The first-order valence-corrected chi connectivity index (χ1v) is 10.9. The molecule has 1 atom stereocenters. The second kappa shape index (κ2) is 15.3. The van der Waals surface area contributed by atoms with E-state index in [0.29, 0.717) is 5.75 Å². The third-order valence-electron chi connectivity index (χ3n) is 5.23. The van der Waals surface area contributed by atoms with Crippen LogP contribution in [0.1, 0.15) is 45.1 Å². The van der Waals surface area contributed by atoms with Gasteiger partial charge in [-0.15, -0.1) is 24.0 Å². The number of guanidine groups is 1. The van der Waals surface area contributed by atoms with Gasteiger partial charge in [-0.2, -0.15) is 0 Å². The molecule has 2 rings (SSSR count). The maximum atomic E-state index is 10.8. The fraction of sp³-hybridized carbons (Fsp3) is 0.636. The summed E-state index contributed by atoms with van der Waals surface area (Å²) in [5.74, 6) is 1.05. The van der Waals surface area contributed by atoms with Crippen LogP contribution in [0.3, 0.4) is 0 Å². The van der Waals surface area contributed by atoms with Crippen LogP contribution in [0.25, 0.3) is 0 Å². The Morgan fingerprint density at radius 1 is 1.23 bits per heavy atom. The van der Waals surface area contributed by atoms with E-state index in [-0.39, 0.29) is 30.6 Å². The van der Waals surface area contributed by atoms with Gasteiger partial charge < -0.3 is 21.1 Å². The quantitative estimate of drug-likeness (QED) is 0.232. The van der Waals surface area contributed by atoms with Crippen LogP contribution in [0.4, 0.5) is 0 Å². The van der Waals surface area contributed by atoms with Gasteiger partial charge in [0.15, 0.2) is 12.6 Å². The number of piperidine rings is 1. The van der Waals surface area contributed by atoms with E-state index >= 15 is 0 Å². The largest absolute Gasteiger partial charge is 0.484 e. The summed E-state index contributed by atoms with van der Waals surface area (Å²) in [6.07, 6.45) is 6.11. The van der Waals surface area contributed by atoms with Crippen LogP contribution in [0.2, 0.25) is 0 Å². The lowest BCUT2D eigenvalue weighted by atomic mass is 10.0. The first kappa shape index (κ1) is 26.5. The van der Waals surface area contributed by atoms with Crippen molar-refractivity contribution in [2.24, 2.45) is 10.7 Å². The summed E-state index contributed by atoms with van der Waals surface area (Å²) in [7, 11) is 0. The Hall–Kier alpha value is -1.55. The van der Waals surface area contributed by atoms with Crippen LogP contribution in [-0.4, -0.2) is 62.1 Å². The van der Waals surface area contributed by atoms with Crippen LogP contribution in [0, 0.1) is 0 Å². The fourth-order valence-corrected chi connectivity index (χ4v) is 3.68. The van der Waals surface area contributed by atoms with Gasteiger partial charge in [-0.1, -0.05) is 25.5 Å². The minimum absolute atomic E-state index is 0. The van der Waals surface area contributed by atoms with Gasteiger partial charge in [-0.25, -0.2) is 0 Å². The second-order valence-electron chi connectivity index (χ2n) is 7.43. The number of aliphatic imine (C=N–C) groups is 1. The van der Waals surface area contributed by atoms with Crippen LogP contribution in [0.5, 0.6) is 5.75 Å². The smallest absolute Gasteiger partial charge is 0.255 e. The van der Waals surface area contributed by atoms with Crippen molar-refractivity contribution >= 4 is 35.8 Å². The fourth-order valence-electron chi connectivity index (χ4n) is 3.68. The third-order valence-corrected chi connectivity index (χ3v) is 5.23. The number of hydrogen-bond donors (Lipinski definition) is 3. The number of ether oxygens (including phenoxy) is 1. The normalized spacial score (nSPS) is 17.1.